The summed E-state index contributed by atoms with van der Waals surface area (Å²) >= 11 is 0. The minimum atomic E-state index is -0.926. The van der Waals surface area contributed by atoms with Crippen molar-refractivity contribution in [1.29, 1.82) is 0 Å². The molecule has 2 rings (SSSR count). The highest BCUT2D eigenvalue weighted by atomic mass is 16.4. The Hall–Kier alpha value is -2.40. The van der Waals surface area contributed by atoms with Gasteiger partial charge in [0, 0.05) is 11.6 Å². The van der Waals surface area contributed by atoms with E-state index >= 15 is 0 Å². The summed E-state index contributed by atoms with van der Waals surface area (Å²) in [5, 5.41) is 10.1. The van der Waals surface area contributed by atoms with Crippen molar-refractivity contribution >= 4 is 29.2 Å². The van der Waals surface area contributed by atoms with Gasteiger partial charge in [0.2, 0.25) is 0 Å². The Labute approximate surface area is 136 Å². The second-order valence-electron chi connectivity index (χ2n) is 4.66. The quantitative estimate of drug-likeness (QED) is 0.762. The number of fused-ring (bicyclic) bond motifs is 1. The largest absolute Gasteiger partial charge is 0.480 e. The number of benzene rings is 1. The monoisotopic (exact) mass is 316 g/mol. The SMILES string of the molecule is CC.NCCCC(N=C/C=C/c1ccc2ccoc2c1)C(=O)O. The van der Waals surface area contributed by atoms with Crippen LogP contribution in [0.2, 0.25) is 0 Å². The van der Waals surface area contributed by atoms with Crippen LogP contribution in [0.3, 0.4) is 0 Å². The van der Waals surface area contributed by atoms with Crippen LogP contribution < -0.4 is 5.73 Å². The summed E-state index contributed by atoms with van der Waals surface area (Å²) in [4.78, 5) is 15.0. The molecular formula is C18H24N2O3. The highest BCUT2D eigenvalue weighted by Gasteiger charge is 2.13. The summed E-state index contributed by atoms with van der Waals surface area (Å²) in [6.07, 6.45) is 7.84. The molecule has 23 heavy (non-hydrogen) atoms. The number of nitrogens with zero attached hydrogens (tertiary/aromatic N) is 1. The van der Waals surface area contributed by atoms with E-state index in [4.69, 9.17) is 15.3 Å². The summed E-state index contributed by atoms with van der Waals surface area (Å²) < 4.78 is 5.32. The van der Waals surface area contributed by atoms with Gasteiger partial charge in [-0.25, -0.2) is 4.79 Å². The van der Waals surface area contributed by atoms with E-state index in [0.29, 0.717) is 19.4 Å². The Morgan fingerprint density at radius 2 is 2.17 bits per heavy atom. The molecule has 0 saturated carbocycles. The minimum absolute atomic E-state index is 0.453. The van der Waals surface area contributed by atoms with E-state index in [-0.39, 0.29) is 0 Å². The van der Waals surface area contributed by atoms with Crippen molar-refractivity contribution in [2.24, 2.45) is 10.7 Å². The molecule has 3 N–H and O–H groups in total. The Morgan fingerprint density at radius 1 is 1.39 bits per heavy atom. The number of carboxylic acids is 1. The molecule has 0 aliphatic rings. The summed E-state index contributed by atoms with van der Waals surface area (Å²) in [6.45, 7) is 4.47. The molecule has 124 valence electrons. The molecule has 0 fully saturated rings. The van der Waals surface area contributed by atoms with Crippen molar-refractivity contribution in [2.75, 3.05) is 6.54 Å². The number of aliphatic carboxylic acids is 1. The van der Waals surface area contributed by atoms with Crippen LogP contribution in [0.4, 0.5) is 0 Å². The molecule has 0 bridgehead atoms. The molecule has 0 radical (unpaired) electrons. The number of hydrogen-bond donors (Lipinski definition) is 2. The number of allylic oxidation sites excluding steroid dienone is 1. The molecular weight excluding hydrogens is 292 g/mol. The first-order valence-corrected chi connectivity index (χ1v) is 7.80. The van der Waals surface area contributed by atoms with E-state index in [1.165, 1.54) is 6.21 Å². The maximum atomic E-state index is 11.0. The van der Waals surface area contributed by atoms with Gasteiger partial charge in [-0.05, 0) is 43.2 Å². The van der Waals surface area contributed by atoms with Gasteiger partial charge in [0.05, 0.1) is 6.26 Å². The minimum Gasteiger partial charge on any atom is -0.480 e. The lowest BCUT2D eigenvalue weighted by molar-refractivity contribution is -0.138. The van der Waals surface area contributed by atoms with Crippen molar-refractivity contribution in [2.45, 2.75) is 32.7 Å². The Kier molecular flexibility index (Phi) is 8.39. The predicted octanol–water partition coefficient (Wildman–Crippen LogP) is 3.74. The molecule has 0 saturated heterocycles. The number of aliphatic imine (C=N–C) groups is 1. The van der Waals surface area contributed by atoms with Crippen molar-refractivity contribution in [1.82, 2.24) is 0 Å². The highest BCUT2D eigenvalue weighted by molar-refractivity contribution is 5.84. The van der Waals surface area contributed by atoms with Crippen LogP contribution in [-0.2, 0) is 4.79 Å². The number of carbonyl (C=O) groups is 1. The molecule has 1 unspecified atom stereocenters. The van der Waals surface area contributed by atoms with Crippen LogP contribution in [-0.4, -0.2) is 29.9 Å². The Bertz CT molecular complexity index is 659. The number of rotatable bonds is 7. The normalized spacial score (nSPS) is 12.5. The smallest absolute Gasteiger partial charge is 0.328 e. The van der Waals surface area contributed by atoms with Gasteiger partial charge < -0.3 is 15.3 Å². The number of furan rings is 1. The third-order valence-corrected chi connectivity index (χ3v) is 3.09. The second-order valence-corrected chi connectivity index (χ2v) is 4.66. The van der Waals surface area contributed by atoms with Crippen LogP contribution in [0.25, 0.3) is 17.0 Å². The summed E-state index contributed by atoms with van der Waals surface area (Å²) in [5.74, 6) is -0.926. The summed E-state index contributed by atoms with van der Waals surface area (Å²) in [5.41, 5.74) is 7.17. The molecule has 0 amide bonds. The van der Waals surface area contributed by atoms with E-state index in [0.717, 1.165) is 16.5 Å². The average Bonchev–Trinajstić information content (AvgIpc) is 3.03. The van der Waals surface area contributed by atoms with E-state index in [9.17, 15) is 4.79 Å². The lowest BCUT2D eigenvalue weighted by Gasteiger charge is -2.04. The molecule has 5 heteroatoms. The van der Waals surface area contributed by atoms with E-state index in [1.807, 2.05) is 44.2 Å². The summed E-state index contributed by atoms with van der Waals surface area (Å²) in [6, 6.07) is 7.02. The van der Waals surface area contributed by atoms with Gasteiger partial charge in [0.15, 0.2) is 0 Å². The zero-order chi connectivity index (χ0) is 17.1. The fraction of sp³-hybridized carbons (Fsp3) is 0.333. The van der Waals surface area contributed by atoms with Gasteiger partial charge in [-0.2, -0.15) is 0 Å². The van der Waals surface area contributed by atoms with Crippen LogP contribution in [0.1, 0.15) is 32.3 Å². The van der Waals surface area contributed by atoms with Gasteiger partial charge in [0.25, 0.3) is 0 Å². The molecule has 1 aromatic carbocycles. The molecule has 1 heterocycles. The number of hydrogen-bond acceptors (Lipinski definition) is 4. The van der Waals surface area contributed by atoms with Crippen LogP contribution in [0, 0.1) is 0 Å². The molecule has 0 spiro atoms. The first kappa shape index (κ1) is 18.6. The fourth-order valence-electron chi connectivity index (χ4n) is 1.96. The van der Waals surface area contributed by atoms with E-state index in [1.54, 1.807) is 12.3 Å². The standard InChI is InChI=1S/C16H18N2O3.C2H6/c17-8-1-4-14(16(19)20)18-9-2-3-12-5-6-13-7-10-21-15(13)11-12;1-2/h2-3,5-7,9-11,14H,1,4,8,17H2,(H,19,20);1-2H3/b3-2+,18-9?;. The van der Waals surface area contributed by atoms with Gasteiger partial charge in [-0.15, -0.1) is 0 Å². The topological polar surface area (TPSA) is 88.8 Å². The lowest BCUT2D eigenvalue weighted by atomic mass is 10.1. The van der Waals surface area contributed by atoms with Crippen LogP contribution >= 0.6 is 0 Å². The molecule has 1 aromatic heterocycles. The highest BCUT2D eigenvalue weighted by Crippen LogP contribution is 2.17. The van der Waals surface area contributed by atoms with Crippen molar-refractivity contribution in [3.05, 3.63) is 42.2 Å². The zero-order valence-electron chi connectivity index (χ0n) is 13.6. The van der Waals surface area contributed by atoms with Crippen molar-refractivity contribution < 1.29 is 14.3 Å². The van der Waals surface area contributed by atoms with Crippen LogP contribution in [0.15, 0.2) is 46.0 Å². The van der Waals surface area contributed by atoms with Crippen molar-refractivity contribution in [3.8, 4) is 0 Å². The number of nitrogens with two attached hydrogens (primary N) is 1. The zero-order valence-corrected chi connectivity index (χ0v) is 13.6. The second kappa shape index (κ2) is 10.3. The van der Waals surface area contributed by atoms with Gasteiger partial charge in [-0.1, -0.05) is 32.1 Å². The molecule has 2 aromatic rings. The van der Waals surface area contributed by atoms with E-state index < -0.39 is 12.0 Å². The molecule has 0 aliphatic heterocycles. The third-order valence-electron chi connectivity index (χ3n) is 3.09. The van der Waals surface area contributed by atoms with Gasteiger partial charge >= 0.3 is 5.97 Å². The maximum absolute atomic E-state index is 11.0. The van der Waals surface area contributed by atoms with Crippen molar-refractivity contribution in [3.63, 3.8) is 0 Å². The molecule has 5 nitrogen and oxygen atoms in total. The average molecular weight is 316 g/mol. The fourth-order valence-corrected chi connectivity index (χ4v) is 1.96. The molecule has 0 aliphatic carbocycles. The lowest BCUT2D eigenvalue weighted by Crippen LogP contribution is -2.19. The first-order chi connectivity index (χ1) is 11.2. The van der Waals surface area contributed by atoms with Gasteiger partial charge in [0.1, 0.15) is 11.6 Å². The number of carboxylic acid groups (broad SMARTS) is 1. The Morgan fingerprint density at radius 3 is 2.87 bits per heavy atom. The first-order valence-electron chi connectivity index (χ1n) is 7.80. The predicted molar refractivity (Wildman–Crippen MR) is 94.8 cm³/mol. The van der Waals surface area contributed by atoms with E-state index in [2.05, 4.69) is 4.99 Å². The third kappa shape index (κ3) is 6.08. The molecule has 1 atom stereocenters. The van der Waals surface area contributed by atoms with Crippen LogP contribution in [0.5, 0.6) is 0 Å². The van der Waals surface area contributed by atoms with Gasteiger partial charge in [-0.3, -0.25) is 4.99 Å². The Balaban J connectivity index is 0.00000127. The summed E-state index contributed by atoms with van der Waals surface area (Å²) in [7, 11) is 0. The maximum Gasteiger partial charge on any atom is 0.328 e.